The summed E-state index contributed by atoms with van der Waals surface area (Å²) in [6, 6.07) is 1.00. The van der Waals surface area contributed by atoms with Crippen molar-refractivity contribution in [2.45, 2.75) is 11.8 Å². The Balaban J connectivity index is 1.93. The SMILES string of the molecule is NC(CSCc1cn2cccnc2n1)C(=O)O. The molecular formula is C10H12N4O2S. The number of carboxylic acids is 1. The quantitative estimate of drug-likeness (QED) is 0.798. The number of hydrogen-bond donors (Lipinski definition) is 2. The second-order valence-corrected chi connectivity index (χ2v) is 4.55. The molecule has 6 nitrogen and oxygen atoms in total. The third-order valence-corrected chi connectivity index (χ3v) is 3.24. The molecule has 2 aromatic heterocycles. The van der Waals surface area contributed by atoms with Gasteiger partial charge >= 0.3 is 5.97 Å². The Labute approximate surface area is 102 Å². The van der Waals surface area contributed by atoms with Crippen LogP contribution in [0.4, 0.5) is 0 Å². The van der Waals surface area contributed by atoms with Crippen LogP contribution in [0, 0.1) is 0 Å². The molecule has 0 aromatic carbocycles. The average molecular weight is 252 g/mol. The van der Waals surface area contributed by atoms with Crippen LogP contribution in [-0.2, 0) is 10.5 Å². The number of hydrogen-bond acceptors (Lipinski definition) is 5. The normalized spacial score (nSPS) is 12.8. The number of nitrogens with two attached hydrogens (primary N) is 1. The molecule has 90 valence electrons. The Morgan fingerprint density at radius 2 is 2.47 bits per heavy atom. The first kappa shape index (κ1) is 11.9. The van der Waals surface area contributed by atoms with E-state index in [0.717, 1.165) is 5.69 Å². The zero-order chi connectivity index (χ0) is 12.3. The zero-order valence-electron chi connectivity index (χ0n) is 8.98. The molecule has 0 amide bonds. The molecule has 2 aromatic rings. The predicted octanol–water partition coefficient (Wildman–Crippen LogP) is 0.374. The molecule has 3 N–H and O–H groups in total. The van der Waals surface area contributed by atoms with Gasteiger partial charge < -0.3 is 10.8 Å². The molecule has 0 aliphatic rings. The minimum absolute atomic E-state index is 0.372. The van der Waals surface area contributed by atoms with Crippen LogP contribution >= 0.6 is 11.8 Å². The van der Waals surface area contributed by atoms with Crippen molar-refractivity contribution in [1.82, 2.24) is 14.4 Å². The van der Waals surface area contributed by atoms with Gasteiger partial charge in [0.15, 0.2) is 0 Å². The Bertz CT molecular complexity index is 495. The van der Waals surface area contributed by atoms with Gasteiger partial charge in [0.05, 0.1) is 5.69 Å². The lowest BCUT2D eigenvalue weighted by Gasteiger charge is -2.03. The van der Waals surface area contributed by atoms with Crippen LogP contribution in [0.2, 0.25) is 0 Å². The van der Waals surface area contributed by atoms with E-state index in [2.05, 4.69) is 9.97 Å². The van der Waals surface area contributed by atoms with Crippen molar-refractivity contribution in [2.24, 2.45) is 5.73 Å². The number of aliphatic carboxylic acids is 1. The van der Waals surface area contributed by atoms with E-state index in [1.165, 1.54) is 11.8 Å². The maximum absolute atomic E-state index is 10.5. The summed E-state index contributed by atoms with van der Waals surface area (Å²) < 4.78 is 1.83. The van der Waals surface area contributed by atoms with Crippen LogP contribution < -0.4 is 5.73 Å². The second-order valence-electron chi connectivity index (χ2n) is 3.52. The number of imidazole rings is 1. The molecule has 2 rings (SSSR count). The van der Waals surface area contributed by atoms with Crippen molar-refractivity contribution in [1.29, 1.82) is 0 Å². The van der Waals surface area contributed by atoms with E-state index in [9.17, 15) is 4.79 Å². The highest BCUT2D eigenvalue weighted by molar-refractivity contribution is 7.98. The molecule has 17 heavy (non-hydrogen) atoms. The lowest BCUT2D eigenvalue weighted by Crippen LogP contribution is -2.32. The van der Waals surface area contributed by atoms with Gasteiger partial charge in [0.2, 0.25) is 5.78 Å². The average Bonchev–Trinajstić information content (AvgIpc) is 2.71. The maximum Gasteiger partial charge on any atom is 0.321 e. The van der Waals surface area contributed by atoms with Crippen molar-refractivity contribution >= 4 is 23.5 Å². The van der Waals surface area contributed by atoms with Crippen LogP contribution in [0.25, 0.3) is 5.78 Å². The summed E-state index contributed by atoms with van der Waals surface area (Å²) in [6.45, 7) is 0. The van der Waals surface area contributed by atoms with Crippen LogP contribution in [-0.4, -0.2) is 37.2 Å². The Kier molecular flexibility index (Phi) is 3.60. The van der Waals surface area contributed by atoms with E-state index in [4.69, 9.17) is 10.8 Å². The van der Waals surface area contributed by atoms with Gasteiger partial charge in [-0.3, -0.25) is 9.20 Å². The fourth-order valence-corrected chi connectivity index (χ4v) is 2.17. The smallest absolute Gasteiger partial charge is 0.321 e. The van der Waals surface area contributed by atoms with Crippen LogP contribution in [0.3, 0.4) is 0 Å². The zero-order valence-corrected chi connectivity index (χ0v) is 9.80. The minimum Gasteiger partial charge on any atom is -0.480 e. The topological polar surface area (TPSA) is 93.5 Å². The van der Waals surface area contributed by atoms with Gasteiger partial charge in [-0.25, -0.2) is 9.97 Å². The van der Waals surface area contributed by atoms with E-state index in [0.29, 0.717) is 17.3 Å². The third kappa shape index (κ3) is 2.95. The molecule has 0 spiro atoms. The molecule has 0 fully saturated rings. The lowest BCUT2D eigenvalue weighted by molar-refractivity contribution is -0.137. The minimum atomic E-state index is -0.978. The number of thioether (sulfide) groups is 1. The summed E-state index contributed by atoms with van der Waals surface area (Å²) in [4.78, 5) is 18.9. The first-order valence-corrected chi connectivity index (χ1v) is 6.17. The van der Waals surface area contributed by atoms with Gasteiger partial charge in [-0.2, -0.15) is 11.8 Å². The highest BCUT2D eigenvalue weighted by Crippen LogP contribution is 2.12. The summed E-state index contributed by atoms with van der Waals surface area (Å²) in [5, 5.41) is 8.63. The number of aromatic nitrogens is 3. The monoisotopic (exact) mass is 252 g/mol. The molecule has 7 heteroatoms. The summed E-state index contributed by atoms with van der Waals surface area (Å²) in [5.41, 5.74) is 6.26. The number of rotatable bonds is 5. The van der Waals surface area contributed by atoms with Gasteiger partial charge in [-0.15, -0.1) is 0 Å². The highest BCUT2D eigenvalue weighted by atomic mass is 32.2. The summed E-state index contributed by atoms with van der Waals surface area (Å²) in [5.74, 6) is 0.667. The van der Waals surface area contributed by atoms with E-state index < -0.39 is 12.0 Å². The number of carbonyl (C=O) groups is 1. The highest BCUT2D eigenvalue weighted by Gasteiger charge is 2.11. The van der Waals surface area contributed by atoms with Crippen molar-refractivity contribution < 1.29 is 9.90 Å². The van der Waals surface area contributed by atoms with Crippen LogP contribution in [0.5, 0.6) is 0 Å². The Morgan fingerprint density at radius 1 is 1.65 bits per heavy atom. The van der Waals surface area contributed by atoms with Crippen LogP contribution in [0.15, 0.2) is 24.7 Å². The first-order valence-electron chi connectivity index (χ1n) is 5.01. The Hall–Kier alpha value is -1.60. The molecule has 0 saturated carbocycles. The van der Waals surface area contributed by atoms with Crippen molar-refractivity contribution in [3.05, 3.63) is 30.4 Å². The van der Waals surface area contributed by atoms with E-state index in [1.54, 1.807) is 6.20 Å². The predicted molar refractivity (Wildman–Crippen MR) is 64.8 cm³/mol. The maximum atomic E-state index is 10.5. The Morgan fingerprint density at radius 3 is 3.18 bits per heavy atom. The van der Waals surface area contributed by atoms with Gasteiger partial charge in [0, 0.05) is 30.1 Å². The molecule has 0 radical (unpaired) electrons. The summed E-state index contributed by atoms with van der Waals surface area (Å²) in [6.07, 6.45) is 5.42. The fraction of sp³-hybridized carbons (Fsp3) is 0.300. The lowest BCUT2D eigenvalue weighted by atomic mass is 10.4. The van der Waals surface area contributed by atoms with Gasteiger partial charge in [0.1, 0.15) is 6.04 Å². The molecule has 0 aliphatic carbocycles. The third-order valence-electron chi connectivity index (χ3n) is 2.15. The van der Waals surface area contributed by atoms with Gasteiger partial charge in [-0.1, -0.05) is 0 Å². The second kappa shape index (κ2) is 5.15. The molecule has 2 heterocycles. The number of carboxylic acid groups (broad SMARTS) is 1. The standard InChI is InChI=1S/C10H12N4O2S/c11-8(9(15)16)6-17-5-7-4-14-3-1-2-12-10(14)13-7/h1-4,8H,5-6,11H2,(H,15,16). The largest absolute Gasteiger partial charge is 0.480 e. The van der Waals surface area contributed by atoms with Crippen molar-refractivity contribution in [3.8, 4) is 0 Å². The molecule has 0 aliphatic heterocycles. The molecule has 0 bridgehead atoms. The number of fused-ring (bicyclic) bond motifs is 1. The molecular weight excluding hydrogens is 240 g/mol. The van der Waals surface area contributed by atoms with E-state index >= 15 is 0 Å². The summed E-state index contributed by atoms with van der Waals surface area (Å²) in [7, 11) is 0. The first-order chi connectivity index (χ1) is 8.16. The van der Waals surface area contributed by atoms with E-state index in [1.807, 2.05) is 22.9 Å². The van der Waals surface area contributed by atoms with Crippen molar-refractivity contribution in [2.75, 3.05) is 5.75 Å². The molecule has 1 atom stereocenters. The van der Waals surface area contributed by atoms with Crippen LogP contribution in [0.1, 0.15) is 5.69 Å². The van der Waals surface area contributed by atoms with Crippen molar-refractivity contribution in [3.63, 3.8) is 0 Å². The number of nitrogens with zero attached hydrogens (tertiary/aromatic N) is 3. The molecule has 0 saturated heterocycles. The molecule has 1 unspecified atom stereocenters. The fourth-order valence-electron chi connectivity index (χ4n) is 1.31. The van der Waals surface area contributed by atoms with Gasteiger partial charge in [0.25, 0.3) is 0 Å². The van der Waals surface area contributed by atoms with E-state index in [-0.39, 0.29) is 0 Å². The van der Waals surface area contributed by atoms with Gasteiger partial charge in [-0.05, 0) is 6.07 Å². The summed E-state index contributed by atoms with van der Waals surface area (Å²) >= 11 is 1.45.